The predicted octanol–water partition coefficient (Wildman–Crippen LogP) is 1.52. The highest BCUT2D eigenvalue weighted by Gasteiger charge is 2.29. The Kier molecular flexibility index (Phi) is 2.28. The molecule has 5 nitrogen and oxygen atoms in total. The molecular weight excluding hydrogens is 203 g/mol. The maximum atomic E-state index is 13.4. The lowest BCUT2D eigenvalue weighted by Gasteiger charge is -2.22. The molecule has 0 amide bonds. The fraction of sp³-hybridized carbons (Fsp3) is 0.333. The van der Waals surface area contributed by atoms with Crippen LogP contribution in [0.4, 0.5) is 10.1 Å². The van der Waals surface area contributed by atoms with Gasteiger partial charge in [-0.25, -0.2) is 4.39 Å². The van der Waals surface area contributed by atoms with Gasteiger partial charge in [-0.2, -0.15) is 0 Å². The van der Waals surface area contributed by atoms with Crippen LogP contribution in [0.5, 0.6) is 5.75 Å². The second-order valence-corrected chi connectivity index (χ2v) is 3.31. The zero-order valence-corrected chi connectivity index (χ0v) is 7.77. The highest BCUT2D eigenvalue weighted by Crippen LogP contribution is 2.39. The van der Waals surface area contributed by atoms with E-state index in [-0.39, 0.29) is 23.6 Å². The van der Waals surface area contributed by atoms with E-state index in [1.807, 2.05) is 0 Å². The van der Waals surface area contributed by atoms with Gasteiger partial charge in [0.15, 0.2) is 0 Å². The first-order valence-corrected chi connectivity index (χ1v) is 4.46. The highest BCUT2D eigenvalue weighted by molar-refractivity contribution is 5.54. The molecule has 15 heavy (non-hydrogen) atoms. The summed E-state index contributed by atoms with van der Waals surface area (Å²) >= 11 is 0. The van der Waals surface area contributed by atoms with Crippen molar-refractivity contribution in [1.29, 1.82) is 0 Å². The fourth-order valence-corrected chi connectivity index (χ4v) is 1.64. The number of fused-ring (bicyclic) bond motifs is 1. The summed E-state index contributed by atoms with van der Waals surface area (Å²) in [5.74, 6) is -0.582. The molecule has 0 bridgehead atoms. The summed E-state index contributed by atoms with van der Waals surface area (Å²) in [6.45, 7) is 0.276. The van der Waals surface area contributed by atoms with Crippen molar-refractivity contribution in [2.24, 2.45) is 5.73 Å². The minimum atomic E-state index is -0.601. The molecule has 0 saturated heterocycles. The molecule has 0 unspecified atom stereocenters. The zero-order chi connectivity index (χ0) is 11.0. The van der Waals surface area contributed by atoms with Gasteiger partial charge in [-0.1, -0.05) is 0 Å². The Morgan fingerprint density at radius 2 is 2.33 bits per heavy atom. The molecule has 80 valence electrons. The summed E-state index contributed by atoms with van der Waals surface area (Å²) in [7, 11) is 0. The van der Waals surface area contributed by atoms with E-state index in [1.54, 1.807) is 0 Å². The van der Waals surface area contributed by atoms with Gasteiger partial charge in [0.2, 0.25) is 5.75 Å². The number of ether oxygens (including phenoxy) is 1. The molecule has 1 aromatic carbocycles. The number of nitrogens with zero attached hydrogens (tertiary/aromatic N) is 1. The number of nitro benzene ring substituents is 1. The first-order chi connectivity index (χ1) is 7.11. The Labute approximate surface area is 84.8 Å². The van der Waals surface area contributed by atoms with Crippen molar-refractivity contribution in [3.05, 3.63) is 33.6 Å². The maximum absolute atomic E-state index is 13.4. The van der Waals surface area contributed by atoms with Crippen LogP contribution in [0.25, 0.3) is 0 Å². The van der Waals surface area contributed by atoms with Crippen LogP contribution in [0.2, 0.25) is 0 Å². The molecule has 2 N–H and O–H groups in total. The normalized spacial score (nSPS) is 19.2. The molecule has 1 aliphatic rings. The fourth-order valence-electron chi connectivity index (χ4n) is 1.64. The largest absolute Gasteiger partial charge is 0.486 e. The number of rotatable bonds is 1. The van der Waals surface area contributed by atoms with Gasteiger partial charge in [0.05, 0.1) is 17.1 Å². The van der Waals surface area contributed by atoms with E-state index in [0.717, 1.165) is 12.1 Å². The Morgan fingerprint density at radius 3 is 3.00 bits per heavy atom. The van der Waals surface area contributed by atoms with Crippen molar-refractivity contribution in [3.63, 3.8) is 0 Å². The lowest BCUT2D eigenvalue weighted by atomic mass is 10.00. The average molecular weight is 212 g/mol. The Morgan fingerprint density at radius 1 is 1.60 bits per heavy atom. The van der Waals surface area contributed by atoms with Crippen molar-refractivity contribution in [2.45, 2.75) is 12.5 Å². The molecule has 0 saturated carbocycles. The molecular formula is C9H9FN2O3. The Hall–Kier alpha value is -1.69. The smallest absolute Gasteiger partial charge is 0.311 e. The number of nitro groups is 1. The molecule has 1 aliphatic heterocycles. The molecule has 1 aromatic rings. The quantitative estimate of drug-likeness (QED) is 0.565. The molecule has 2 rings (SSSR count). The van der Waals surface area contributed by atoms with Crippen LogP contribution in [-0.2, 0) is 0 Å². The third-order valence-electron chi connectivity index (χ3n) is 2.36. The first kappa shape index (κ1) is 9.85. The van der Waals surface area contributed by atoms with Gasteiger partial charge < -0.3 is 10.5 Å². The van der Waals surface area contributed by atoms with Gasteiger partial charge in [-0.05, 0) is 6.07 Å². The van der Waals surface area contributed by atoms with Crippen LogP contribution in [0.1, 0.15) is 18.0 Å². The zero-order valence-electron chi connectivity index (χ0n) is 7.77. The van der Waals surface area contributed by atoms with Gasteiger partial charge in [0.1, 0.15) is 5.82 Å². The van der Waals surface area contributed by atoms with Crippen molar-refractivity contribution < 1.29 is 14.1 Å². The van der Waals surface area contributed by atoms with E-state index < -0.39 is 16.8 Å². The topological polar surface area (TPSA) is 78.4 Å². The summed E-state index contributed by atoms with van der Waals surface area (Å²) in [6.07, 6.45) is 0.463. The standard InChI is InChI=1S/C9H9FN2O3/c10-5-1-2-7(12(13)14)9-8(5)6(11)3-4-15-9/h1-2,6H,3-4,11H2/t6-/m0/s1. The van der Waals surface area contributed by atoms with E-state index >= 15 is 0 Å². The Bertz CT molecular complexity index is 422. The minimum Gasteiger partial charge on any atom is -0.486 e. The summed E-state index contributed by atoms with van der Waals surface area (Å²) < 4.78 is 18.5. The second-order valence-electron chi connectivity index (χ2n) is 3.31. The highest BCUT2D eigenvalue weighted by atomic mass is 19.1. The average Bonchev–Trinajstić information content (AvgIpc) is 2.17. The number of nitrogens with two attached hydrogens (primary N) is 1. The van der Waals surface area contributed by atoms with Crippen LogP contribution in [0, 0.1) is 15.9 Å². The van der Waals surface area contributed by atoms with Crippen molar-refractivity contribution in [2.75, 3.05) is 6.61 Å². The SMILES string of the molecule is N[C@H]1CCOc2c([N+](=O)[O-])ccc(F)c21. The maximum Gasteiger partial charge on any atom is 0.311 e. The van der Waals surface area contributed by atoms with Gasteiger partial charge in [-0.15, -0.1) is 0 Å². The van der Waals surface area contributed by atoms with Crippen molar-refractivity contribution in [1.82, 2.24) is 0 Å². The number of hydrogen-bond donors (Lipinski definition) is 1. The summed E-state index contributed by atoms with van der Waals surface area (Å²) in [5.41, 5.74) is 5.55. The molecule has 0 aliphatic carbocycles. The Balaban J connectivity index is 2.63. The first-order valence-electron chi connectivity index (χ1n) is 4.46. The minimum absolute atomic E-state index is 0.0289. The van der Waals surface area contributed by atoms with Crippen molar-refractivity contribution >= 4 is 5.69 Å². The third kappa shape index (κ3) is 1.52. The summed E-state index contributed by atoms with van der Waals surface area (Å²) in [4.78, 5) is 10.1. The molecule has 0 aromatic heterocycles. The van der Waals surface area contributed by atoms with Gasteiger partial charge in [0, 0.05) is 18.5 Å². The van der Waals surface area contributed by atoms with Gasteiger partial charge in [-0.3, -0.25) is 10.1 Å². The van der Waals surface area contributed by atoms with Crippen LogP contribution in [-0.4, -0.2) is 11.5 Å². The number of hydrogen-bond acceptors (Lipinski definition) is 4. The van der Waals surface area contributed by atoms with Gasteiger partial charge in [0.25, 0.3) is 0 Å². The van der Waals surface area contributed by atoms with E-state index in [2.05, 4.69) is 0 Å². The second kappa shape index (κ2) is 3.47. The van der Waals surface area contributed by atoms with Crippen molar-refractivity contribution in [3.8, 4) is 5.75 Å². The van der Waals surface area contributed by atoms with Crippen LogP contribution < -0.4 is 10.5 Å². The lowest BCUT2D eigenvalue weighted by molar-refractivity contribution is -0.386. The van der Waals surface area contributed by atoms with Crippen LogP contribution in [0.3, 0.4) is 0 Å². The number of benzene rings is 1. The van der Waals surface area contributed by atoms with E-state index in [9.17, 15) is 14.5 Å². The number of halogens is 1. The van der Waals surface area contributed by atoms with E-state index in [4.69, 9.17) is 10.5 Å². The molecule has 0 spiro atoms. The van der Waals surface area contributed by atoms with E-state index in [0.29, 0.717) is 6.42 Å². The molecule has 0 radical (unpaired) electrons. The van der Waals surface area contributed by atoms with Crippen LogP contribution in [0.15, 0.2) is 12.1 Å². The molecule has 6 heteroatoms. The molecule has 1 heterocycles. The van der Waals surface area contributed by atoms with E-state index in [1.165, 1.54) is 0 Å². The molecule has 1 atom stereocenters. The summed E-state index contributed by atoms with van der Waals surface area (Å²) in [6, 6.07) is 1.60. The van der Waals surface area contributed by atoms with Crippen LogP contribution >= 0.6 is 0 Å². The monoisotopic (exact) mass is 212 g/mol. The molecule has 0 fully saturated rings. The predicted molar refractivity (Wildman–Crippen MR) is 50.1 cm³/mol. The third-order valence-corrected chi connectivity index (χ3v) is 2.36. The lowest BCUT2D eigenvalue weighted by Crippen LogP contribution is -2.22. The summed E-state index contributed by atoms with van der Waals surface area (Å²) in [5, 5.41) is 10.7. The van der Waals surface area contributed by atoms with Gasteiger partial charge >= 0.3 is 5.69 Å².